The maximum atomic E-state index is 12.2. The second-order valence-corrected chi connectivity index (χ2v) is 7.51. The van der Waals surface area contributed by atoms with Crippen LogP contribution in [0.4, 0.5) is 5.69 Å². The molecule has 0 bridgehead atoms. The van der Waals surface area contributed by atoms with Gasteiger partial charge in [-0.2, -0.15) is 0 Å². The van der Waals surface area contributed by atoms with Gasteiger partial charge >= 0.3 is 0 Å². The summed E-state index contributed by atoms with van der Waals surface area (Å²) in [7, 11) is -3.79. The summed E-state index contributed by atoms with van der Waals surface area (Å²) in [6.07, 6.45) is 0. The third-order valence-corrected chi connectivity index (χ3v) is 5.81. The Bertz CT molecular complexity index is 765. The summed E-state index contributed by atoms with van der Waals surface area (Å²) in [5.74, 6) is 0. The molecule has 106 valence electrons. The van der Waals surface area contributed by atoms with Gasteiger partial charge in [0.15, 0.2) is 0 Å². The molecule has 0 saturated carbocycles. The quantitative estimate of drug-likeness (QED) is 0.748. The Morgan fingerprint density at radius 3 is 2.35 bits per heavy atom. The van der Waals surface area contributed by atoms with E-state index in [0.717, 1.165) is 0 Å². The molecule has 1 N–H and O–H groups in total. The molecule has 0 saturated heterocycles. The lowest BCUT2D eigenvalue weighted by Gasteiger charge is -2.10. The number of halogens is 4. The molecule has 20 heavy (non-hydrogen) atoms. The van der Waals surface area contributed by atoms with Crippen molar-refractivity contribution in [2.75, 3.05) is 4.72 Å². The summed E-state index contributed by atoms with van der Waals surface area (Å²) < 4.78 is 27.5. The fourth-order valence-corrected chi connectivity index (χ4v) is 3.42. The zero-order valence-corrected chi connectivity index (χ0v) is 14.4. The first kappa shape index (κ1) is 15.9. The van der Waals surface area contributed by atoms with Crippen LogP contribution in [-0.2, 0) is 10.0 Å². The highest BCUT2D eigenvalue weighted by Gasteiger charge is 2.17. The van der Waals surface area contributed by atoms with Gasteiger partial charge in [0.25, 0.3) is 10.0 Å². The average Bonchev–Trinajstić information content (AvgIpc) is 2.38. The van der Waals surface area contributed by atoms with E-state index < -0.39 is 10.0 Å². The maximum Gasteiger partial charge on any atom is 0.261 e. The minimum Gasteiger partial charge on any atom is -0.278 e. The summed E-state index contributed by atoms with van der Waals surface area (Å²) in [5.41, 5.74) is 0.207. The average molecular weight is 416 g/mol. The number of nitrogens with one attached hydrogen (secondary N) is 1. The van der Waals surface area contributed by atoms with E-state index in [1.165, 1.54) is 18.2 Å². The molecule has 0 heterocycles. The summed E-state index contributed by atoms with van der Waals surface area (Å²) in [4.78, 5) is 0.0294. The van der Waals surface area contributed by atoms with Crippen LogP contribution in [0.1, 0.15) is 0 Å². The van der Waals surface area contributed by atoms with E-state index in [2.05, 4.69) is 20.7 Å². The van der Waals surface area contributed by atoms with Crippen molar-refractivity contribution < 1.29 is 8.42 Å². The van der Waals surface area contributed by atoms with Crippen LogP contribution in [0.5, 0.6) is 0 Å². The molecule has 0 unspecified atom stereocenters. The molecular formula is C12H7BrCl3NO2S. The summed E-state index contributed by atoms with van der Waals surface area (Å²) >= 11 is 20.9. The Hall–Kier alpha value is -0.460. The van der Waals surface area contributed by atoms with E-state index in [4.69, 9.17) is 34.8 Å². The summed E-state index contributed by atoms with van der Waals surface area (Å²) in [6, 6.07) is 9.00. The molecule has 0 aliphatic heterocycles. The van der Waals surface area contributed by atoms with Crippen LogP contribution in [0.15, 0.2) is 45.8 Å². The molecule has 3 nitrogen and oxygen atoms in total. The van der Waals surface area contributed by atoms with Crippen LogP contribution in [0.3, 0.4) is 0 Å². The van der Waals surface area contributed by atoms with E-state index in [0.29, 0.717) is 9.50 Å². The standard InChI is InChI=1S/C12H7BrCl3NO2S/c13-8-5-4-7(6-10(8)15)20(18,19)17-11-3-1-2-9(14)12(11)16/h1-6,17H. The first-order valence-corrected chi connectivity index (χ1v) is 8.64. The molecule has 0 radical (unpaired) electrons. The van der Waals surface area contributed by atoms with Crippen LogP contribution < -0.4 is 4.72 Å². The molecule has 0 spiro atoms. The monoisotopic (exact) mass is 413 g/mol. The Balaban J connectivity index is 2.41. The largest absolute Gasteiger partial charge is 0.278 e. The van der Waals surface area contributed by atoms with Gasteiger partial charge in [0, 0.05) is 4.47 Å². The van der Waals surface area contributed by atoms with Crippen molar-refractivity contribution in [3.63, 3.8) is 0 Å². The molecule has 0 atom stereocenters. The fourth-order valence-electron chi connectivity index (χ4n) is 1.43. The van der Waals surface area contributed by atoms with Gasteiger partial charge in [0.2, 0.25) is 0 Å². The highest BCUT2D eigenvalue weighted by molar-refractivity contribution is 9.10. The zero-order valence-electron chi connectivity index (χ0n) is 9.70. The van der Waals surface area contributed by atoms with Gasteiger partial charge in [0.1, 0.15) is 0 Å². The Labute approximate surface area is 140 Å². The minimum atomic E-state index is -3.79. The lowest BCUT2D eigenvalue weighted by molar-refractivity contribution is 0.601. The van der Waals surface area contributed by atoms with E-state index in [1.54, 1.807) is 18.2 Å². The van der Waals surface area contributed by atoms with Gasteiger partial charge in [0.05, 0.1) is 25.7 Å². The van der Waals surface area contributed by atoms with Crippen LogP contribution in [0.2, 0.25) is 15.1 Å². The molecule has 0 aliphatic carbocycles. The molecule has 2 aromatic carbocycles. The first-order chi connectivity index (χ1) is 9.31. The van der Waals surface area contributed by atoms with Gasteiger partial charge in [-0.05, 0) is 46.3 Å². The van der Waals surface area contributed by atoms with Gasteiger partial charge in [-0.15, -0.1) is 0 Å². The molecular weight excluding hydrogens is 408 g/mol. The normalized spacial score (nSPS) is 11.4. The highest BCUT2D eigenvalue weighted by Crippen LogP contribution is 2.32. The first-order valence-electron chi connectivity index (χ1n) is 5.23. The van der Waals surface area contributed by atoms with Gasteiger partial charge < -0.3 is 0 Å². The van der Waals surface area contributed by atoms with Crippen molar-refractivity contribution in [1.82, 2.24) is 0 Å². The summed E-state index contributed by atoms with van der Waals surface area (Å²) in [5, 5.41) is 0.701. The smallest absolute Gasteiger partial charge is 0.261 e. The van der Waals surface area contributed by atoms with E-state index >= 15 is 0 Å². The van der Waals surface area contributed by atoms with E-state index in [1.807, 2.05) is 0 Å². The minimum absolute atomic E-state index is 0.0294. The van der Waals surface area contributed by atoms with Crippen molar-refractivity contribution in [3.05, 3.63) is 55.9 Å². The fraction of sp³-hybridized carbons (Fsp3) is 0. The molecule has 0 aliphatic rings. The van der Waals surface area contributed by atoms with Gasteiger partial charge in [-0.25, -0.2) is 8.42 Å². The SMILES string of the molecule is O=S(=O)(Nc1cccc(Cl)c1Cl)c1ccc(Br)c(Cl)c1. The molecule has 0 amide bonds. The second-order valence-electron chi connectivity index (χ2n) is 3.78. The number of hydrogen-bond acceptors (Lipinski definition) is 2. The van der Waals surface area contributed by atoms with Crippen LogP contribution in [0.25, 0.3) is 0 Å². The van der Waals surface area contributed by atoms with Crippen molar-refractivity contribution in [2.45, 2.75) is 4.90 Å². The Kier molecular flexibility index (Phi) is 4.87. The zero-order chi connectivity index (χ0) is 14.9. The van der Waals surface area contributed by atoms with Crippen molar-refractivity contribution in [1.29, 1.82) is 0 Å². The van der Waals surface area contributed by atoms with E-state index in [-0.39, 0.29) is 20.6 Å². The Morgan fingerprint density at radius 2 is 1.70 bits per heavy atom. The van der Waals surface area contributed by atoms with Crippen molar-refractivity contribution in [2.24, 2.45) is 0 Å². The highest BCUT2D eigenvalue weighted by atomic mass is 79.9. The molecule has 2 rings (SSSR count). The van der Waals surface area contributed by atoms with Crippen molar-refractivity contribution in [3.8, 4) is 0 Å². The van der Waals surface area contributed by atoms with Crippen LogP contribution >= 0.6 is 50.7 Å². The predicted octanol–water partition coefficient (Wildman–Crippen LogP) is 5.21. The lowest BCUT2D eigenvalue weighted by atomic mass is 10.3. The third-order valence-electron chi connectivity index (χ3n) is 2.40. The second kappa shape index (κ2) is 6.12. The topological polar surface area (TPSA) is 46.2 Å². The summed E-state index contributed by atoms with van der Waals surface area (Å²) in [6.45, 7) is 0. The lowest BCUT2D eigenvalue weighted by Crippen LogP contribution is -2.13. The molecule has 0 fully saturated rings. The maximum absolute atomic E-state index is 12.2. The number of anilines is 1. The number of sulfonamides is 1. The van der Waals surface area contributed by atoms with Crippen LogP contribution in [0, 0.1) is 0 Å². The van der Waals surface area contributed by atoms with Crippen LogP contribution in [-0.4, -0.2) is 8.42 Å². The van der Waals surface area contributed by atoms with E-state index in [9.17, 15) is 8.42 Å². The number of benzene rings is 2. The third kappa shape index (κ3) is 3.40. The van der Waals surface area contributed by atoms with Gasteiger partial charge in [-0.3, -0.25) is 4.72 Å². The Morgan fingerprint density at radius 1 is 1.00 bits per heavy atom. The number of hydrogen-bond donors (Lipinski definition) is 1. The predicted molar refractivity (Wildman–Crippen MR) is 86.4 cm³/mol. The molecule has 8 heteroatoms. The van der Waals surface area contributed by atoms with Gasteiger partial charge in [-0.1, -0.05) is 40.9 Å². The number of rotatable bonds is 3. The molecule has 0 aromatic heterocycles. The van der Waals surface area contributed by atoms with Crippen molar-refractivity contribution >= 4 is 66.4 Å². The molecule has 2 aromatic rings.